The monoisotopic (exact) mass is 632 g/mol. The number of nitrogens with two attached hydrogens (primary N) is 1. The summed E-state index contributed by atoms with van der Waals surface area (Å²) in [5.41, 5.74) is 9.90. The van der Waals surface area contributed by atoms with E-state index < -0.39 is 5.60 Å². The molecular weight excluding hydrogens is 596 g/mol. The van der Waals surface area contributed by atoms with Crippen LogP contribution in [0.5, 0.6) is 0 Å². The summed E-state index contributed by atoms with van der Waals surface area (Å²) in [6.07, 6.45) is 4.83. The minimum atomic E-state index is -1.30. The number of esters is 1. The Morgan fingerprint density at radius 1 is 0.957 bits per heavy atom. The minimum Gasteiger partial charge on any atom is -0.466 e. The van der Waals surface area contributed by atoms with Crippen LogP contribution in [0, 0.1) is 5.92 Å². The van der Waals surface area contributed by atoms with E-state index in [9.17, 15) is 14.7 Å². The van der Waals surface area contributed by atoms with Crippen LogP contribution in [0.4, 0.5) is 10.6 Å². The van der Waals surface area contributed by atoms with Gasteiger partial charge < -0.3 is 25.4 Å². The fourth-order valence-electron chi connectivity index (χ4n) is 6.49. The van der Waals surface area contributed by atoms with Crippen LogP contribution < -0.4 is 5.73 Å². The number of amides is 2. The van der Waals surface area contributed by atoms with E-state index in [0.717, 1.165) is 11.3 Å². The van der Waals surface area contributed by atoms with Crippen LogP contribution in [0.15, 0.2) is 79.1 Å². The van der Waals surface area contributed by atoms with Crippen molar-refractivity contribution in [3.8, 4) is 28.3 Å². The highest BCUT2D eigenvalue weighted by Crippen LogP contribution is 2.35. The third-order valence-corrected chi connectivity index (χ3v) is 9.04. The van der Waals surface area contributed by atoms with Crippen molar-refractivity contribution in [2.45, 2.75) is 31.8 Å². The van der Waals surface area contributed by atoms with Crippen molar-refractivity contribution < 1.29 is 19.4 Å². The van der Waals surface area contributed by atoms with E-state index in [0.29, 0.717) is 85.3 Å². The molecule has 2 saturated heterocycles. The number of nitrogens with zero attached hydrogens (tertiary/aromatic N) is 7. The van der Waals surface area contributed by atoms with Crippen molar-refractivity contribution in [1.82, 2.24) is 34.3 Å². The Balaban J connectivity index is 1.15. The lowest BCUT2D eigenvalue weighted by Gasteiger charge is -2.34. The van der Waals surface area contributed by atoms with Gasteiger partial charge in [0.05, 0.1) is 47.9 Å². The van der Waals surface area contributed by atoms with Gasteiger partial charge in [0.2, 0.25) is 0 Å². The minimum absolute atomic E-state index is 0.128. The molecule has 2 aliphatic heterocycles. The molecule has 240 valence electrons. The first-order valence-electron chi connectivity index (χ1n) is 15.9. The van der Waals surface area contributed by atoms with Gasteiger partial charge in [-0.2, -0.15) is 0 Å². The van der Waals surface area contributed by atoms with Gasteiger partial charge in [-0.25, -0.2) is 19.7 Å². The van der Waals surface area contributed by atoms with Crippen molar-refractivity contribution in [3.63, 3.8) is 0 Å². The first-order valence-corrected chi connectivity index (χ1v) is 15.9. The van der Waals surface area contributed by atoms with Crippen LogP contribution in [0.25, 0.3) is 39.5 Å². The number of likely N-dealkylation sites (tertiary alicyclic amines) is 2. The molecular formula is C35H36N8O4. The summed E-state index contributed by atoms with van der Waals surface area (Å²) in [7, 11) is 0. The molecule has 7 rings (SSSR count). The molecule has 1 unspecified atom stereocenters. The predicted octanol–water partition coefficient (Wildman–Crippen LogP) is 4.42. The van der Waals surface area contributed by atoms with E-state index in [1.165, 1.54) is 0 Å². The van der Waals surface area contributed by atoms with Crippen LogP contribution >= 0.6 is 0 Å². The molecule has 47 heavy (non-hydrogen) atoms. The number of β-amino-alcohol motifs (C(OH)–C–C–N with tert-alkyl or cyclic N) is 1. The summed E-state index contributed by atoms with van der Waals surface area (Å²) >= 11 is 0. The maximum Gasteiger partial charge on any atom is 0.320 e. The molecule has 5 aromatic rings. The molecule has 0 spiro atoms. The van der Waals surface area contributed by atoms with Crippen molar-refractivity contribution in [1.29, 1.82) is 0 Å². The number of pyridine rings is 3. The summed E-state index contributed by atoms with van der Waals surface area (Å²) < 4.78 is 7.06. The first-order chi connectivity index (χ1) is 22.8. The van der Waals surface area contributed by atoms with Crippen LogP contribution in [0.2, 0.25) is 0 Å². The predicted molar refractivity (Wildman–Crippen MR) is 176 cm³/mol. The van der Waals surface area contributed by atoms with E-state index in [1.807, 2.05) is 65.2 Å². The number of aliphatic hydroxyl groups is 1. The van der Waals surface area contributed by atoms with E-state index in [2.05, 4.69) is 4.98 Å². The lowest BCUT2D eigenvalue weighted by Crippen LogP contribution is -2.47. The number of nitrogen functional groups attached to an aromatic ring is 1. The molecule has 2 fully saturated rings. The number of piperidine rings is 1. The van der Waals surface area contributed by atoms with Crippen LogP contribution in [-0.4, -0.2) is 84.2 Å². The van der Waals surface area contributed by atoms with E-state index in [1.54, 1.807) is 35.2 Å². The average Bonchev–Trinajstić information content (AvgIpc) is 3.70. The second-order valence-corrected chi connectivity index (χ2v) is 12.0. The first kappa shape index (κ1) is 30.3. The van der Waals surface area contributed by atoms with Crippen molar-refractivity contribution >= 4 is 29.0 Å². The summed E-state index contributed by atoms with van der Waals surface area (Å²) in [5, 5.41) is 11.7. The highest BCUT2D eigenvalue weighted by molar-refractivity contribution is 5.84. The van der Waals surface area contributed by atoms with Gasteiger partial charge in [0.15, 0.2) is 11.5 Å². The van der Waals surface area contributed by atoms with Gasteiger partial charge in [0, 0.05) is 37.8 Å². The molecule has 12 nitrogen and oxygen atoms in total. The molecule has 6 heterocycles. The topological polar surface area (TPSA) is 153 Å². The Bertz CT molecular complexity index is 1920. The molecule has 1 atom stereocenters. The fraction of sp³-hybridized carbons (Fsp3) is 0.314. The van der Waals surface area contributed by atoms with Gasteiger partial charge in [-0.15, -0.1) is 0 Å². The number of benzene rings is 1. The summed E-state index contributed by atoms with van der Waals surface area (Å²) in [4.78, 5) is 47.8. The van der Waals surface area contributed by atoms with Gasteiger partial charge in [0.1, 0.15) is 16.9 Å². The van der Waals surface area contributed by atoms with Gasteiger partial charge in [-0.05, 0) is 56.2 Å². The zero-order chi connectivity index (χ0) is 32.5. The lowest BCUT2D eigenvalue weighted by molar-refractivity contribution is -0.149. The second kappa shape index (κ2) is 12.4. The number of hydrogen-bond donors (Lipinski definition) is 2. The quantitative estimate of drug-likeness (QED) is 0.259. The number of anilines is 1. The molecule has 0 radical (unpaired) electrons. The molecule has 2 amide bonds. The highest BCUT2D eigenvalue weighted by atomic mass is 16.5. The number of rotatable bonds is 6. The number of imidazole rings is 1. The number of hydrogen-bond acceptors (Lipinski definition) is 9. The number of ether oxygens (including phenoxy) is 1. The van der Waals surface area contributed by atoms with Crippen molar-refractivity contribution in [3.05, 3.63) is 84.8 Å². The second-order valence-electron chi connectivity index (χ2n) is 12.0. The van der Waals surface area contributed by atoms with Crippen LogP contribution in [0.1, 0.15) is 31.9 Å². The maximum absolute atomic E-state index is 13.4. The molecule has 0 saturated carbocycles. The molecule has 1 aromatic carbocycles. The number of fused-ring (bicyclic) bond motifs is 1. The number of urea groups is 1. The number of aromatic nitrogens is 5. The third-order valence-electron chi connectivity index (χ3n) is 9.04. The molecule has 0 bridgehead atoms. The zero-order valence-electron chi connectivity index (χ0n) is 26.1. The molecule has 2 aliphatic rings. The molecule has 0 aliphatic carbocycles. The zero-order valence-corrected chi connectivity index (χ0v) is 26.1. The summed E-state index contributed by atoms with van der Waals surface area (Å²) in [6, 6.07) is 21.0. The van der Waals surface area contributed by atoms with Gasteiger partial charge in [0.25, 0.3) is 0 Å². The summed E-state index contributed by atoms with van der Waals surface area (Å²) in [5.74, 6) is 0.532. The standard InChI is InChI=1S/C35H36N8O4/c1-2-47-33(44)24-14-18-41(19-15-24)34(45)42-20-16-35(46,22-42)29-13-10-25(21-38-29)43-31(26-9-6-17-37-30(26)36)40-28-12-11-27(39-32(28)43)23-7-4-3-5-8-23/h3-13,17,21,24,46H,2,14-16,18-20,22H2,1H3,(H2,36,37). The normalized spacial score (nSPS) is 18.5. The molecule has 3 N–H and O–H groups in total. The van der Waals surface area contributed by atoms with E-state index in [4.69, 9.17) is 25.4 Å². The van der Waals surface area contributed by atoms with Gasteiger partial charge in [-0.3, -0.25) is 14.3 Å². The third kappa shape index (κ3) is 5.76. The van der Waals surface area contributed by atoms with E-state index in [-0.39, 0.29) is 24.5 Å². The molecule has 12 heteroatoms. The number of carbonyl (C=O) groups is 2. The SMILES string of the molecule is CCOC(=O)C1CCN(C(=O)N2CCC(O)(c3ccc(-n4c(-c5cccnc5N)nc5ccc(-c6ccccc6)nc54)cn3)C2)CC1. The van der Waals surface area contributed by atoms with Crippen molar-refractivity contribution in [2.75, 3.05) is 38.5 Å². The Morgan fingerprint density at radius 2 is 1.77 bits per heavy atom. The smallest absolute Gasteiger partial charge is 0.320 e. The van der Waals surface area contributed by atoms with Gasteiger partial charge in [-0.1, -0.05) is 30.3 Å². The number of carbonyl (C=O) groups excluding carboxylic acids is 2. The van der Waals surface area contributed by atoms with Crippen LogP contribution in [0.3, 0.4) is 0 Å². The lowest BCUT2D eigenvalue weighted by atomic mass is 9.97. The average molecular weight is 633 g/mol. The van der Waals surface area contributed by atoms with Crippen molar-refractivity contribution in [2.24, 2.45) is 5.92 Å². The summed E-state index contributed by atoms with van der Waals surface area (Å²) in [6.45, 7) is 3.63. The highest BCUT2D eigenvalue weighted by Gasteiger charge is 2.42. The largest absolute Gasteiger partial charge is 0.466 e. The Morgan fingerprint density at radius 3 is 2.49 bits per heavy atom. The van der Waals surface area contributed by atoms with Crippen LogP contribution in [-0.2, 0) is 15.1 Å². The maximum atomic E-state index is 13.4. The fourth-order valence-corrected chi connectivity index (χ4v) is 6.49. The Hall–Kier alpha value is -5.36. The Kier molecular flexibility index (Phi) is 8.02. The van der Waals surface area contributed by atoms with E-state index >= 15 is 0 Å². The Labute approximate surface area is 271 Å². The van der Waals surface area contributed by atoms with Gasteiger partial charge >= 0.3 is 12.0 Å². The molecule has 4 aromatic heterocycles.